The van der Waals surface area contributed by atoms with E-state index in [1.54, 1.807) is 35.4 Å². The Morgan fingerprint density at radius 1 is 1.37 bits per heavy atom. The van der Waals surface area contributed by atoms with Gasteiger partial charge in [0.2, 0.25) is 0 Å². The molecule has 0 aliphatic heterocycles. The summed E-state index contributed by atoms with van der Waals surface area (Å²) in [7, 11) is 1.73. The molecule has 0 bridgehead atoms. The second-order valence-corrected chi connectivity index (χ2v) is 6.94. The molecule has 1 heterocycles. The lowest BCUT2D eigenvalue weighted by Gasteiger charge is -2.17. The number of carbonyl (C=O) groups is 1. The van der Waals surface area contributed by atoms with Crippen molar-refractivity contribution < 1.29 is 9.90 Å². The van der Waals surface area contributed by atoms with E-state index in [1.165, 1.54) is 0 Å². The number of phenolic OH excluding ortho intramolecular Hbond substituents is 1. The Morgan fingerprint density at radius 3 is 2.68 bits per heavy atom. The SMILES string of the molecule is Cc1ccc(C(=O)N(C)Cc2ccc(Br)s2)c(O)c1. The average Bonchev–Trinajstić information content (AvgIpc) is 2.74. The van der Waals surface area contributed by atoms with Crippen LogP contribution in [0.1, 0.15) is 20.8 Å². The highest BCUT2D eigenvalue weighted by Gasteiger charge is 2.16. The van der Waals surface area contributed by atoms with Crippen molar-refractivity contribution in [3.63, 3.8) is 0 Å². The van der Waals surface area contributed by atoms with Crippen LogP contribution in [-0.2, 0) is 6.54 Å². The van der Waals surface area contributed by atoms with Crippen LogP contribution < -0.4 is 0 Å². The molecular weight excluding hydrogens is 326 g/mol. The highest BCUT2D eigenvalue weighted by Crippen LogP contribution is 2.25. The van der Waals surface area contributed by atoms with Crippen LogP contribution in [-0.4, -0.2) is 23.0 Å². The van der Waals surface area contributed by atoms with Crippen molar-refractivity contribution in [3.8, 4) is 5.75 Å². The summed E-state index contributed by atoms with van der Waals surface area (Å²) in [6.07, 6.45) is 0. The van der Waals surface area contributed by atoms with Crippen LogP contribution in [0.4, 0.5) is 0 Å². The van der Waals surface area contributed by atoms with Gasteiger partial charge >= 0.3 is 0 Å². The average molecular weight is 340 g/mol. The zero-order valence-electron chi connectivity index (χ0n) is 10.7. The Hall–Kier alpha value is -1.33. The number of benzene rings is 1. The summed E-state index contributed by atoms with van der Waals surface area (Å²) in [6, 6.07) is 9.02. The summed E-state index contributed by atoms with van der Waals surface area (Å²) < 4.78 is 1.04. The first-order chi connectivity index (χ1) is 8.97. The quantitative estimate of drug-likeness (QED) is 0.923. The summed E-state index contributed by atoms with van der Waals surface area (Å²) >= 11 is 4.99. The monoisotopic (exact) mass is 339 g/mol. The molecule has 1 aromatic heterocycles. The number of thiophene rings is 1. The second kappa shape index (κ2) is 5.75. The van der Waals surface area contributed by atoms with E-state index in [-0.39, 0.29) is 11.7 Å². The maximum atomic E-state index is 12.2. The lowest BCUT2D eigenvalue weighted by atomic mass is 10.1. The molecule has 0 radical (unpaired) electrons. The minimum absolute atomic E-state index is 0.0317. The summed E-state index contributed by atoms with van der Waals surface area (Å²) in [5.74, 6) is -0.147. The molecule has 5 heteroatoms. The topological polar surface area (TPSA) is 40.5 Å². The molecule has 2 rings (SSSR count). The lowest BCUT2D eigenvalue weighted by Crippen LogP contribution is -2.25. The predicted molar refractivity (Wildman–Crippen MR) is 80.7 cm³/mol. The normalized spacial score (nSPS) is 10.5. The van der Waals surface area contributed by atoms with Gasteiger partial charge in [-0.15, -0.1) is 11.3 Å². The van der Waals surface area contributed by atoms with E-state index in [4.69, 9.17) is 0 Å². The Morgan fingerprint density at radius 2 is 2.11 bits per heavy atom. The molecule has 1 aromatic carbocycles. The first-order valence-corrected chi connectivity index (χ1v) is 7.37. The van der Waals surface area contributed by atoms with Crippen LogP contribution in [0, 0.1) is 6.92 Å². The van der Waals surface area contributed by atoms with Gasteiger partial charge in [0, 0.05) is 11.9 Å². The standard InChI is InChI=1S/C14H14BrNO2S/c1-9-3-5-11(12(17)7-9)14(18)16(2)8-10-4-6-13(15)19-10/h3-7,17H,8H2,1-2H3. The van der Waals surface area contributed by atoms with Crippen LogP contribution >= 0.6 is 27.3 Å². The number of aromatic hydroxyl groups is 1. The van der Waals surface area contributed by atoms with E-state index in [1.807, 2.05) is 25.1 Å². The molecule has 0 spiro atoms. The number of amides is 1. The molecule has 0 saturated carbocycles. The predicted octanol–water partition coefficient (Wildman–Crippen LogP) is 3.80. The van der Waals surface area contributed by atoms with Gasteiger partial charge in [0.15, 0.2) is 0 Å². The number of phenols is 1. The number of nitrogens with zero attached hydrogens (tertiary/aromatic N) is 1. The van der Waals surface area contributed by atoms with E-state index >= 15 is 0 Å². The van der Waals surface area contributed by atoms with Gasteiger partial charge < -0.3 is 10.0 Å². The molecule has 19 heavy (non-hydrogen) atoms. The molecule has 0 saturated heterocycles. The number of halogens is 1. The third kappa shape index (κ3) is 3.36. The summed E-state index contributed by atoms with van der Waals surface area (Å²) in [5, 5.41) is 9.83. The second-order valence-electron chi connectivity index (χ2n) is 4.39. The van der Waals surface area contributed by atoms with Gasteiger partial charge in [-0.25, -0.2) is 0 Å². The molecule has 0 fully saturated rings. The lowest BCUT2D eigenvalue weighted by molar-refractivity contribution is 0.0783. The van der Waals surface area contributed by atoms with Crippen molar-refractivity contribution in [2.24, 2.45) is 0 Å². The zero-order chi connectivity index (χ0) is 14.0. The molecule has 1 amide bonds. The molecule has 0 atom stereocenters. The Bertz CT molecular complexity index is 609. The molecule has 2 aromatic rings. The van der Waals surface area contributed by atoms with Gasteiger partial charge in [-0.2, -0.15) is 0 Å². The molecule has 0 aliphatic rings. The molecule has 1 N–H and O–H groups in total. The van der Waals surface area contributed by atoms with Crippen molar-refractivity contribution in [1.29, 1.82) is 0 Å². The largest absolute Gasteiger partial charge is 0.507 e. The van der Waals surface area contributed by atoms with E-state index in [2.05, 4.69) is 15.9 Å². The number of hydrogen-bond acceptors (Lipinski definition) is 3. The molecule has 0 unspecified atom stereocenters. The fourth-order valence-electron chi connectivity index (χ4n) is 1.77. The minimum atomic E-state index is -0.179. The Labute approximate surface area is 124 Å². The molecule has 0 aliphatic carbocycles. The van der Waals surface area contributed by atoms with E-state index in [0.29, 0.717) is 12.1 Å². The highest BCUT2D eigenvalue weighted by atomic mass is 79.9. The van der Waals surface area contributed by atoms with Crippen LogP contribution in [0.5, 0.6) is 5.75 Å². The van der Waals surface area contributed by atoms with E-state index in [9.17, 15) is 9.90 Å². The van der Waals surface area contributed by atoms with Gasteiger partial charge in [0.05, 0.1) is 15.9 Å². The van der Waals surface area contributed by atoms with Gasteiger partial charge in [0.25, 0.3) is 5.91 Å². The maximum absolute atomic E-state index is 12.2. The molecule has 3 nitrogen and oxygen atoms in total. The Balaban J connectivity index is 2.14. The molecule has 100 valence electrons. The van der Waals surface area contributed by atoms with E-state index in [0.717, 1.165) is 14.2 Å². The van der Waals surface area contributed by atoms with Crippen LogP contribution in [0.3, 0.4) is 0 Å². The van der Waals surface area contributed by atoms with Crippen molar-refractivity contribution in [3.05, 3.63) is 50.1 Å². The Kier molecular flexibility index (Phi) is 4.27. The van der Waals surface area contributed by atoms with Crippen molar-refractivity contribution >= 4 is 33.2 Å². The minimum Gasteiger partial charge on any atom is -0.507 e. The number of aryl methyl sites for hydroxylation is 1. The first-order valence-electron chi connectivity index (χ1n) is 5.76. The van der Waals surface area contributed by atoms with E-state index < -0.39 is 0 Å². The third-order valence-electron chi connectivity index (χ3n) is 2.75. The van der Waals surface area contributed by atoms with Crippen molar-refractivity contribution in [2.45, 2.75) is 13.5 Å². The zero-order valence-corrected chi connectivity index (χ0v) is 13.1. The third-order valence-corrected chi connectivity index (χ3v) is 4.36. The van der Waals surface area contributed by atoms with Gasteiger partial charge in [-0.1, -0.05) is 6.07 Å². The summed E-state index contributed by atoms with van der Waals surface area (Å²) in [5.41, 5.74) is 1.27. The smallest absolute Gasteiger partial charge is 0.257 e. The number of carbonyl (C=O) groups excluding carboxylic acids is 1. The van der Waals surface area contributed by atoms with Gasteiger partial charge in [-0.3, -0.25) is 4.79 Å². The number of rotatable bonds is 3. The maximum Gasteiger partial charge on any atom is 0.257 e. The van der Waals surface area contributed by atoms with Crippen LogP contribution in [0.2, 0.25) is 0 Å². The van der Waals surface area contributed by atoms with Gasteiger partial charge in [0.1, 0.15) is 5.75 Å². The first kappa shape index (κ1) is 14.1. The number of hydrogen-bond donors (Lipinski definition) is 1. The summed E-state index contributed by atoms with van der Waals surface area (Å²) in [4.78, 5) is 14.9. The fraction of sp³-hybridized carbons (Fsp3) is 0.214. The van der Waals surface area contributed by atoms with Crippen LogP contribution in [0.25, 0.3) is 0 Å². The van der Waals surface area contributed by atoms with Crippen molar-refractivity contribution in [1.82, 2.24) is 4.90 Å². The molecular formula is C14H14BrNO2S. The fourth-order valence-corrected chi connectivity index (χ4v) is 3.31. The summed E-state index contributed by atoms with van der Waals surface area (Å²) in [6.45, 7) is 2.41. The van der Waals surface area contributed by atoms with Crippen molar-refractivity contribution in [2.75, 3.05) is 7.05 Å². The van der Waals surface area contributed by atoms with Gasteiger partial charge in [-0.05, 0) is 52.7 Å². The highest BCUT2D eigenvalue weighted by molar-refractivity contribution is 9.11. The van der Waals surface area contributed by atoms with Crippen LogP contribution in [0.15, 0.2) is 34.1 Å².